The highest BCUT2D eigenvalue weighted by Gasteiger charge is 2.16. The second-order valence-electron chi connectivity index (χ2n) is 2.68. The molecule has 4 nitrogen and oxygen atoms in total. The maximum atomic E-state index is 11.3. The average Bonchev–Trinajstić information content (AvgIpc) is 2.33. The van der Waals surface area contributed by atoms with Crippen molar-refractivity contribution >= 4 is 21.8 Å². The lowest BCUT2D eigenvalue weighted by Crippen LogP contribution is -2.22. The van der Waals surface area contributed by atoms with Crippen molar-refractivity contribution < 1.29 is 4.79 Å². The van der Waals surface area contributed by atoms with Gasteiger partial charge in [0.25, 0.3) is 5.91 Å². The standard InChI is InChI=1S/C7H8BrN3O/c8-6-4-5-7(12)9-2-1-3-11(5)10-6/h4H,1-3H2,(H,9,12). The molecule has 1 amide bonds. The number of aryl methyl sites for hydroxylation is 1. The van der Waals surface area contributed by atoms with E-state index in [1.807, 2.05) is 0 Å². The van der Waals surface area contributed by atoms with Crippen molar-refractivity contribution in [1.82, 2.24) is 15.1 Å². The second-order valence-corrected chi connectivity index (χ2v) is 3.50. The minimum absolute atomic E-state index is 0.0364. The number of rotatable bonds is 0. The molecule has 0 saturated heterocycles. The van der Waals surface area contributed by atoms with Crippen LogP contribution in [0.3, 0.4) is 0 Å². The summed E-state index contributed by atoms with van der Waals surface area (Å²) in [6.45, 7) is 1.54. The van der Waals surface area contributed by atoms with Crippen LogP contribution < -0.4 is 5.32 Å². The van der Waals surface area contributed by atoms with Crippen LogP contribution in [-0.4, -0.2) is 22.2 Å². The Bertz CT molecular complexity index is 320. The lowest BCUT2D eigenvalue weighted by atomic mass is 10.4. The van der Waals surface area contributed by atoms with E-state index in [4.69, 9.17) is 0 Å². The van der Waals surface area contributed by atoms with Gasteiger partial charge in [-0.25, -0.2) is 0 Å². The number of fused-ring (bicyclic) bond motifs is 1. The van der Waals surface area contributed by atoms with E-state index in [0.717, 1.165) is 24.1 Å². The predicted octanol–water partition coefficient (Wildman–Crippen LogP) is 0.779. The molecule has 5 heteroatoms. The molecule has 0 aliphatic carbocycles. The second kappa shape index (κ2) is 2.90. The van der Waals surface area contributed by atoms with Crippen molar-refractivity contribution in [3.05, 3.63) is 16.4 Å². The molecular formula is C7H8BrN3O. The molecule has 0 fully saturated rings. The van der Waals surface area contributed by atoms with E-state index in [-0.39, 0.29) is 5.91 Å². The van der Waals surface area contributed by atoms with Gasteiger partial charge in [-0.1, -0.05) is 0 Å². The molecule has 12 heavy (non-hydrogen) atoms. The zero-order valence-corrected chi connectivity index (χ0v) is 7.97. The van der Waals surface area contributed by atoms with Crippen molar-refractivity contribution in [2.24, 2.45) is 0 Å². The maximum absolute atomic E-state index is 11.3. The molecule has 2 rings (SSSR count). The van der Waals surface area contributed by atoms with Gasteiger partial charge >= 0.3 is 0 Å². The van der Waals surface area contributed by atoms with Crippen LogP contribution in [0.2, 0.25) is 0 Å². The molecule has 0 aromatic carbocycles. The van der Waals surface area contributed by atoms with Crippen LogP contribution in [0.1, 0.15) is 16.9 Å². The number of carbonyl (C=O) groups excluding carboxylic acids is 1. The van der Waals surface area contributed by atoms with Crippen molar-refractivity contribution in [1.29, 1.82) is 0 Å². The minimum Gasteiger partial charge on any atom is -0.351 e. The zero-order valence-electron chi connectivity index (χ0n) is 6.38. The van der Waals surface area contributed by atoms with E-state index in [2.05, 4.69) is 26.3 Å². The Balaban J connectivity index is 2.44. The number of carbonyl (C=O) groups is 1. The molecule has 2 heterocycles. The Labute approximate surface area is 78.1 Å². The summed E-state index contributed by atoms with van der Waals surface area (Å²) in [6.07, 6.45) is 0.937. The summed E-state index contributed by atoms with van der Waals surface area (Å²) in [5.74, 6) is -0.0364. The van der Waals surface area contributed by atoms with Crippen molar-refractivity contribution in [3.63, 3.8) is 0 Å². The molecule has 0 atom stereocenters. The number of hydrogen-bond acceptors (Lipinski definition) is 2. The first-order chi connectivity index (χ1) is 5.77. The molecule has 1 N–H and O–H groups in total. The zero-order chi connectivity index (χ0) is 8.55. The Morgan fingerprint density at radius 1 is 1.67 bits per heavy atom. The molecule has 1 aliphatic rings. The van der Waals surface area contributed by atoms with Crippen molar-refractivity contribution in [2.45, 2.75) is 13.0 Å². The van der Waals surface area contributed by atoms with Crippen LogP contribution in [0.5, 0.6) is 0 Å². The fourth-order valence-electron chi connectivity index (χ4n) is 1.26. The van der Waals surface area contributed by atoms with Crippen molar-refractivity contribution in [2.75, 3.05) is 6.54 Å². The van der Waals surface area contributed by atoms with E-state index in [1.54, 1.807) is 10.7 Å². The van der Waals surface area contributed by atoms with Gasteiger partial charge in [0.15, 0.2) is 0 Å². The third-order valence-electron chi connectivity index (χ3n) is 1.82. The monoisotopic (exact) mass is 229 g/mol. The Kier molecular flexibility index (Phi) is 1.88. The summed E-state index contributed by atoms with van der Waals surface area (Å²) in [5.41, 5.74) is 0.638. The SMILES string of the molecule is O=C1NCCCn2nc(Br)cc21. The lowest BCUT2D eigenvalue weighted by molar-refractivity contribution is 0.0950. The van der Waals surface area contributed by atoms with Crippen LogP contribution in [0.4, 0.5) is 0 Å². The summed E-state index contributed by atoms with van der Waals surface area (Å²) in [6, 6.07) is 1.74. The van der Waals surface area contributed by atoms with E-state index in [1.165, 1.54) is 0 Å². The molecule has 0 bridgehead atoms. The normalized spacial score (nSPS) is 16.6. The first kappa shape index (κ1) is 7.79. The third-order valence-corrected chi connectivity index (χ3v) is 2.20. The summed E-state index contributed by atoms with van der Waals surface area (Å²) in [7, 11) is 0. The van der Waals surface area contributed by atoms with Crippen molar-refractivity contribution in [3.8, 4) is 0 Å². The van der Waals surface area contributed by atoms with Gasteiger partial charge in [-0.2, -0.15) is 5.10 Å². The molecule has 1 aromatic rings. The van der Waals surface area contributed by atoms with Gasteiger partial charge in [0.1, 0.15) is 10.3 Å². The van der Waals surface area contributed by atoms with Gasteiger partial charge in [0, 0.05) is 19.2 Å². The lowest BCUT2D eigenvalue weighted by Gasteiger charge is -1.97. The summed E-state index contributed by atoms with van der Waals surface area (Å²) < 4.78 is 2.45. The largest absolute Gasteiger partial charge is 0.351 e. The number of halogens is 1. The first-order valence-corrected chi connectivity index (χ1v) is 4.58. The van der Waals surface area contributed by atoms with E-state index in [9.17, 15) is 4.79 Å². The number of hydrogen-bond donors (Lipinski definition) is 1. The number of aromatic nitrogens is 2. The van der Waals surface area contributed by atoms with Crippen LogP contribution >= 0.6 is 15.9 Å². The average molecular weight is 230 g/mol. The fourth-order valence-corrected chi connectivity index (χ4v) is 1.67. The molecule has 1 aromatic heterocycles. The topological polar surface area (TPSA) is 46.9 Å². The Morgan fingerprint density at radius 3 is 3.33 bits per heavy atom. The Morgan fingerprint density at radius 2 is 2.50 bits per heavy atom. The van der Waals surface area contributed by atoms with Crippen LogP contribution in [0, 0.1) is 0 Å². The predicted molar refractivity (Wildman–Crippen MR) is 46.9 cm³/mol. The Hall–Kier alpha value is -0.840. The van der Waals surface area contributed by atoms with Gasteiger partial charge in [-0.15, -0.1) is 0 Å². The fraction of sp³-hybridized carbons (Fsp3) is 0.429. The highest BCUT2D eigenvalue weighted by Crippen LogP contribution is 2.12. The van der Waals surface area contributed by atoms with E-state index < -0.39 is 0 Å². The highest BCUT2D eigenvalue weighted by atomic mass is 79.9. The van der Waals surface area contributed by atoms with Crippen LogP contribution in [0.25, 0.3) is 0 Å². The summed E-state index contributed by atoms with van der Waals surface area (Å²) >= 11 is 3.23. The summed E-state index contributed by atoms with van der Waals surface area (Å²) in [4.78, 5) is 11.3. The van der Waals surface area contributed by atoms with Crippen LogP contribution in [-0.2, 0) is 6.54 Å². The van der Waals surface area contributed by atoms with Gasteiger partial charge in [-0.3, -0.25) is 9.48 Å². The number of amides is 1. The van der Waals surface area contributed by atoms with Crippen LogP contribution in [0.15, 0.2) is 10.7 Å². The van der Waals surface area contributed by atoms with Gasteiger partial charge in [-0.05, 0) is 22.4 Å². The molecule has 1 aliphatic heterocycles. The molecule has 0 saturated carbocycles. The molecule has 0 radical (unpaired) electrons. The number of nitrogens with zero attached hydrogens (tertiary/aromatic N) is 2. The molecular weight excluding hydrogens is 222 g/mol. The van der Waals surface area contributed by atoms with E-state index >= 15 is 0 Å². The molecule has 0 unspecified atom stereocenters. The third kappa shape index (κ3) is 1.24. The summed E-state index contributed by atoms with van der Waals surface area (Å²) in [5, 5.41) is 6.93. The van der Waals surface area contributed by atoms with Gasteiger partial charge < -0.3 is 5.32 Å². The first-order valence-electron chi connectivity index (χ1n) is 3.79. The molecule has 64 valence electrons. The quantitative estimate of drug-likeness (QED) is 0.715. The minimum atomic E-state index is -0.0364. The number of nitrogens with one attached hydrogen (secondary N) is 1. The molecule has 0 spiro atoms. The maximum Gasteiger partial charge on any atom is 0.269 e. The van der Waals surface area contributed by atoms with Gasteiger partial charge in [0.05, 0.1) is 0 Å². The smallest absolute Gasteiger partial charge is 0.269 e. The van der Waals surface area contributed by atoms with E-state index in [0.29, 0.717) is 5.69 Å². The van der Waals surface area contributed by atoms with Gasteiger partial charge in [0.2, 0.25) is 0 Å². The highest BCUT2D eigenvalue weighted by molar-refractivity contribution is 9.10.